The van der Waals surface area contributed by atoms with Gasteiger partial charge in [0.2, 0.25) is 11.7 Å². The molecule has 7 heteroatoms. The highest BCUT2D eigenvalue weighted by molar-refractivity contribution is 5.94. The number of benzene rings is 2. The molecule has 2 heterocycles. The summed E-state index contributed by atoms with van der Waals surface area (Å²) >= 11 is 0. The minimum Gasteiger partial charge on any atom is -0.497 e. The molecule has 3 aromatic rings. The average Bonchev–Trinajstić information content (AvgIpc) is 3.28. The standard InChI is InChI=1S/C22H24N4O3/c1-3-20-23-21(24-29-20)16-7-9-18(10-8-16)25-11-13-26(14-12-25)22(27)17-5-4-6-19(15-17)28-2/h4-10,15H,3,11-14H2,1-2H3. The summed E-state index contributed by atoms with van der Waals surface area (Å²) in [4.78, 5) is 21.3. The van der Waals surface area contributed by atoms with Gasteiger partial charge < -0.3 is 19.1 Å². The fourth-order valence-electron chi connectivity index (χ4n) is 3.44. The highest BCUT2D eigenvalue weighted by Gasteiger charge is 2.22. The van der Waals surface area contributed by atoms with Crippen LogP contribution in [0.2, 0.25) is 0 Å². The van der Waals surface area contributed by atoms with Crippen LogP contribution in [0, 0.1) is 0 Å². The lowest BCUT2D eigenvalue weighted by atomic mass is 10.1. The van der Waals surface area contributed by atoms with E-state index in [9.17, 15) is 4.79 Å². The molecule has 7 nitrogen and oxygen atoms in total. The first-order valence-electron chi connectivity index (χ1n) is 9.79. The monoisotopic (exact) mass is 392 g/mol. The summed E-state index contributed by atoms with van der Waals surface area (Å²) in [7, 11) is 1.61. The number of anilines is 1. The van der Waals surface area contributed by atoms with E-state index in [0.717, 1.165) is 30.8 Å². The fourth-order valence-corrected chi connectivity index (χ4v) is 3.44. The number of methoxy groups -OCH3 is 1. The molecular weight excluding hydrogens is 368 g/mol. The number of aryl methyl sites for hydroxylation is 1. The van der Waals surface area contributed by atoms with Crippen molar-refractivity contribution in [2.75, 3.05) is 38.2 Å². The van der Waals surface area contributed by atoms with Crippen molar-refractivity contribution in [1.82, 2.24) is 15.0 Å². The molecule has 0 spiro atoms. The van der Waals surface area contributed by atoms with Crippen molar-refractivity contribution in [3.63, 3.8) is 0 Å². The Morgan fingerprint density at radius 1 is 1.10 bits per heavy atom. The van der Waals surface area contributed by atoms with E-state index >= 15 is 0 Å². The second-order valence-corrected chi connectivity index (χ2v) is 6.92. The zero-order chi connectivity index (χ0) is 20.2. The molecule has 0 unspecified atom stereocenters. The van der Waals surface area contributed by atoms with Crippen LogP contribution in [0.25, 0.3) is 11.4 Å². The predicted molar refractivity (Wildman–Crippen MR) is 110 cm³/mol. The van der Waals surface area contributed by atoms with Crippen molar-refractivity contribution in [2.24, 2.45) is 0 Å². The molecule has 1 amide bonds. The smallest absolute Gasteiger partial charge is 0.254 e. The van der Waals surface area contributed by atoms with Crippen LogP contribution in [-0.2, 0) is 6.42 Å². The summed E-state index contributed by atoms with van der Waals surface area (Å²) in [6.45, 7) is 4.93. The molecule has 2 aromatic carbocycles. The number of aromatic nitrogens is 2. The van der Waals surface area contributed by atoms with E-state index < -0.39 is 0 Å². The van der Waals surface area contributed by atoms with Crippen LogP contribution >= 0.6 is 0 Å². The maximum absolute atomic E-state index is 12.8. The van der Waals surface area contributed by atoms with E-state index in [4.69, 9.17) is 9.26 Å². The average molecular weight is 392 g/mol. The molecular formula is C22H24N4O3. The minimum absolute atomic E-state index is 0.0442. The quantitative estimate of drug-likeness (QED) is 0.664. The summed E-state index contributed by atoms with van der Waals surface area (Å²) in [6.07, 6.45) is 0.726. The molecule has 0 N–H and O–H groups in total. The molecule has 0 bridgehead atoms. The van der Waals surface area contributed by atoms with Gasteiger partial charge in [0.05, 0.1) is 7.11 Å². The first-order valence-corrected chi connectivity index (χ1v) is 9.79. The number of ether oxygens (including phenoxy) is 1. The SMILES string of the molecule is CCc1nc(-c2ccc(N3CCN(C(=O)c4cccc(OC)c4)CC3)cc2)no1. The Morgan fingerprint density at radius 3 is 2.52 bits per heavy atom. The zero-order valence-corrected chi connectivity index (χ0v) is 16.7. The maximum atomic E-state index is 12.8. The molecule has 0 saturated carbocycles. The molecule has 1 fully saturated rings. The van der Waals surface area contributed by atoms with Crippen molar-refractivity contribution >= 4 is 11.6 Å². The summed E-state index contributed by atoms with van der Waals surface area (Å²) in [5, 5.41) is 4.02. The summed E-state index contributed by atoms with van der Waals surface area (Å²) < 4.78 is 10.4. The van der Waals surface area contributed by atoms with Crippen LogP contribution < -0.4 is 9.64 Å². The molecule has 1 saturated heterocycles. The van der Waals surface area contributed by atoms with E-state index in [1.807, 2.05) is 42.2 Å². The van der Waals surface area contributed by atoms with Crippen LogP contribution in [0.3, 0.4) is 0 Å². The Hall–Kier alpha value is -3.35. The zero-order valence-electron chi connectivity index (χ0n) is 16.7. The minimum atomic E-state index is 0.0442. The molecule has 1 aliphatic heterocycles. The lowest BCUT2D eigenvalue weighted by molar-refractivity contribution is 0.0746. The third-order valence-corrected chi connectivity index (χ3v) is 5.14. The van der Waals surface area contributed by atoms with Gasteiger partial charge in [-0.2, -0.15) is 4.98 Å². The summed E-state index contributed by atoms with van der Waals surface area (Å²) in [5.74, 6) is 1.99. The summed E-state index contributed by atoms with van der Waals surface area (Å²) in [6, 6.07) is 15.5. The van der Waals surface area contributed by atoms with E-state index in [1.54, 1.807) is 13.2 Å². The third-order valence-electron chi connectivity index (χ3n) is 5.14. The maximum Gasteiger partial charge on any atom is 0.254 e. The van der Waals surface area contributed by atoms with Gasteiger partial charge in [-0.3, -0.25) is 4.79 Å². The summed E-state index contributed by atoms with van der Waals surface area (Å²) in [5.41, 5.74) is 2.72. The number of carbonyl (C=O) groups excluding carboxylic acids is 1. The van der Waals surface area contributed by atoms with Crippen molar-refractivity contribution < 1.29 is 14.1 Å². The third kappa shape index (κ3) is 4.08. The molecule has 4 rings (SSSR count). The van der Waals surface area contributed by atoms with Gasteiger partial charge in [0.25, 0.3) is 5.91 Å². The molecule has 29 heavy (non-hydrogen) atoms. The lowest BCUT2D eigenvalue weighted by Gasteiger charge is -2.36. The fraction of sp³-hybridized carbons (Fsp3) is 0.318. The van der Waals surface area contributed by atoms with E-state index in [-0.39, 0.29) is 5.91 Å². The normalized spacial score (nSPS) is 14.1. The highest BCUT2D eigenvalue weighted by Crippen LogP contribution is 2.23. The van der Waals surface area contributed by atoms with Crippen LogP contribution in [0.1, 0.15) is 23.2 Å². The first-order chi connectivity index (χ1) is 14.2. The number of piperazine rings is 1. The Balaban J connectivity index is 1.38. The number of carbonyl (C=O) groups is 1. The molecule has 0 atom stereocenters. The largest absolute Gasteiger partial charge is 0.497 e. The van der Waals surface area contributed by atoms with Crippen LogP contribution in [-0.4, -0.2) is 54.2 Å². The van der Waals surface area contributed by atoms with Gasteiger partial charge in [-0.1, -0.05) is 18.1 Å². The Labute approximate surface area is 169 Å². The highest BCUT2D eigenvalue weighted by atomic mass is 16.5. The number of hydrogen-bond acceptors (Lipinski definition) is 6. The van der Waals surface area contributed by atoms with Gasteiger partial charge in [-0.25, -0.2) is 0 Å². The van der Waals surface area contributed by atoms with Crippen molar-refractivity contribution in [3.05, 3.63) is 60.0 Å². The number of rotatable bonds is 5. The Kier molecular flexibility index (Phi) is 5.46. The van der Waals surface area contributed by atoms with Crippen molar-refractivity contribution in [1.29, 1.82) is 0 Å². The second kappa shape index (κ2) is 8.34. The van der Waals surface area contributed by atoms with E-state index in [2.05, 4.69) is 27.2 Å². The second-order valence-electron chi connectivity index (χ2n) is 6.92. The van der Waals surface area contributed by atoms with Gasteiger partial charge in [0, 0.05) is 49.4 Å². The molecule has 150 valence electrons. The van der Waals surface area contributed by atoms with Gasteiger partial charge in [-0.05, 0) is 42.5 Å². The Morgan fingerprint density at radius 2 is 1.86 bits per heavy atom. The number of nitrogens with zero attached hydrogens (tertiary/aromatic N) is 4. The molecule has 0 radical (unpaired) electrons. The molecule has 1 aliphatic rings. The van der Waals surface area contributed by atoms with Gasteiger partial charge in [-0.15, -0.1) is 0 Å². The molecule has 1 aromatic heterocycles. The van der Waals surface area contributed by atoms with Gasteiger partial charge >= 0.3 is 0 Å². The predicted octanol–water partition coefficient (Wildman–Crippen LogP) is 3.27. The number of hydrogen-bond donors (Lipinski definition) is 0. The van der Waals surface area contributed by atoms with Crippen LogP contribution in [0.4, 0.5) is 5.69 Å². The topological polar surface area (TPSA) is 71.7 Å². The van der Waals surface area contributed by atoms with Crippen molar-refractivity contribution in [2.45, 2.75) is 13.3 Å². The van der Waals surface area contributed by atoms with E-state index in [0.29, 0.717) is 36.1 Å². The van der Waals surface area contributed by atoms with Crippen molar-refractivity contribution in [3.8, 4) is 17.1 Å². The first kappa shape index (κ1) is 19.0. The molecule has 0 aliphatic carbocycles. The van der Waals surface area contributed by atoms with E-state index in [1.165, 1.54) is 0 Å². The van der Waals surface area contributed by atoms with Gasteiger partial charge in [0.1, 0.15) is 5.75 Å². The van der Waals surface area contributed by atoms with Crippen LogP contribution in [0.15, 0.2) is 53.1 Å². The lowest BCUT2D eigenvalue weighted by Crippen LogP contribution is -2.48. The number of amides is 1. The van der Waals surface area contributed by atoms with Crippen LogP contribution in [0.5, 0.6) is 5.75 Å². The van der Waals surface area contributed by atoms with Gasteiger partial charge in [0.15, 0.2) is 0 Å². The Bertz CT molecular complexity index is 976.